The molecule has 0 aromatic carbocycles. The van der Waals surface area contributed by atoms with Crippen molar-refractivity contribution in [2.45, 2.75) is 51.2 Å². The van der Waals surface area contributed by atoms with Crippen LogP contribution < -0.4 is 0 Å². The lowest BCUT2D eigenvalue weighted by atomic mass is 9.68. The number of hydrogen-bond acceptors (Lipinski definition) is 2. The molecule has 1 heterocycles. The molecule has 2 heteroatoms. The van der Waals surface area contributed by atoms with Crippen LogP contribution in [-0.4, -0.2) is 19.0 Å². The Balaban J connectivity index is 1.72. The third-order valence-electron chi connectivity index (χ3n) is 4.69. The van der Waals surface area contributed by atoms with E-state index in [0.29, 0.717) is 5.41 Å². The van der Waals surface area contributed by atoms with E-state index >= 15 is 0 Å². The molecule has 0 atom stereocenters. The van der Waals surface area contributed by atoms with E-state index in [0.717, 1.165) is 26.1 Å². The second kappa shape index (κ2) is 3.33. The smallest absolute Gasteiger partial charge is 0.168 e. The molecule has 2 nitrogen and oxygen atoms in total. The summed E-state index contributed by atoms with van der Waals surface area (Å²) in [6.07, 6.45) is 9.77. The van der Waals surface area contributed by atoms with Gasteiger partial charge in [-0.25, -0.2) is 0 Å². The number of allylic oxidation sites excluding steroid dienone is 2. The summed E-state index contributed by atoms with van der Waals surface area (Å²) in [5, 5.41) is 0. The Labute approximate surface area is 91.6 Å². The Hall–Kier alpha value is -0.340. The van der Waals surface area contributed by atoms with Crippen molar-refractivity contribution in [1.29, 1.82) is 0 Å². The van der Waals surface area contributed by atoms with Crippen molar-refractivity contribution in [3.63, 3.8) is 0 Å². The minimum absolute atomic E-state index is 0.186. The van der Waals surface area contributed by atoms with Crippen molar-refractivity contribution < 1.29 is 9.47 Å². The van der Waals surface area contributed by atoms with Crippen molar-refractivity contribution in [2.75, 3.05) is 13.2 Å². The molecule has 0 radical (unpaired) electrons. The molecule has 0 aromatic rings. The highest BCUT2D eigenvalue weighted by Gasteiger charge is 2.47. The Morgan fingerprint density at radius 1 is 1.00 bits per heavy atom. The lowest BCUT2D eigenvalue weighted by Gasteiger charge is -2.42. The first kappa shape index (κ1) is 9.86. The zero-order valence-corrected chi connectivity index (χ0v) is 9.55. The molecule has 1 saturated carbocycles. The SMILES string of the molecule is CC1=CCCC12CCC1(CC2)OCCO1. The van der Waals surface area contributed by atoms with Crippen molar-refractivity contribution in [3.8, 4) is 0 Å². The summed E-state index contributed by atoms with van der Waals surface area (Å²) < 4.78 is 11.6. The van der Waals surface area contributed by atoms with Crippen LogP contribution in [0.1, 0.15) is 45.4 Å². The average Bonchev–Trinajstić information content (AvgIpc) is 2.82. The van der Waals surface area contributed by atoms with Gasteiger partial charge in [0.25, 0.3) is 0 Å². The normalized spacial score (nSPS) is 32.5. The maximum absolute atomic E-state index is 5.78. The molecule has 84 valence electrons. The van der Waals surface area contributed by atoms with E-state index in [2.05, 4.69) is 13.0 Å². The Bertz CT molecular complexity index is 277. The van der Waals surface area contributed by atoms with E-state index in [1.807, 2.05) is 0 Å². The molecule has 15 heavy (non-hydrogen) atoms. The minimum atomic E-state index is -0.186. The zero-order valence-electron chi connectivity index (χ0n) is 9.55. The predicted octanol–water partition coefficient (Wildman–Crippen LogP) is 3.03. The minimum Gasteiger partial charge on any atom is -0.348 e. The number of rotatable bonds is 0. The summed E-state index contributed by atoms with van der Waals surface area (Å²) in [7, 11) is 0. The van der Waals surface area contributed by atoms with E-state index < -0.39 is 0 Å². The standard InChI is InChI=1S/C13H20O2/c1-11-3-2-4-12(11)5-7-13(8-6-12)14-9-10-15-13/h3H,2,4-10H2,1H3. The van der Waals surface area contributed by atoms with E-state index in [1.54, 1.807) is 5.57 Å². The van der Waals surface area contributed by atoms with Crippen molar-refractivity contribution in [1.82, 2.24) is 0 Å². The van der Waals surface area contributed by atoms with E-state index in [1.165, 1.54) is 25.7 Å². The number of ether oxygens (including phenoxy) is 2. The highest BCUT2D eigenvalue weighted by molar-refractivity contribution is 5.19. The van der Waals surface area contributed by atoms with Crippen LogP contribution in [0.3, 0.4) is 0 Å². The van der Waals surface area contributed by atoms with Crippen LogP contribution in [0.15, 0.2) is 11.6 Å². The highest BCUT2D eigenvalue weighted by Crippen LogP contribution is 2.53. The molecule has 0 amide bonds. The molecular formula is C13H20O2. The van der Waals surface area contributed by atoms with Gasteiger partial charge in [0, 0.05) is 12.8 Å². The average molecular weight is 208 g/mol. The molecule has 2 aliphatic carbocycles. The second-order valence-corrected chi connectivity index (χ2v) is 5.31. The molecule has 3 aliphatic rings. The first-order chi connectivity index (χ1) is 7.25. The van der Waals surface area contributed by atoms with Crippen LogP contribution in [0.25, 0.3) is 0 Å². The van der Waals surface area contributed by atoms with Crippen molar-refractivity contribution in [3.05, 3.63) is 11.6 Å². The molecule has 0 N–H and O–H groups in total. The van der Waals surface area contributed by atoms with Crippen LogP contribution in [0.5, 0.6) is 0 Å². The third kappa shape index (κ3) is 1.46. The lowest BCUT2D eigenvalue weighted by Crippen LogP contribution is -2.39. The largest absolute Gasteiger partial charge is 0.348 e. The van der Waals surface area contributed by atoms with Gasteiger partial charge in [0.05, 0.1) is 13.2 Å². The van der Waals surface area contributed by atoms with Gasteiger partial charge in [-0.1, -0.05) is 11.6 Å². The van der Waals surface area contributed by atoms with Gasteiger partial charge in [0.2, 0.25) is 0 Å². The van der Waals surface area contributed by atoms with Gasteiger partial charge in [-0.15, -0.1) is 0 Å². The molecule has 1 saturated heterocycles. The van der Waals surface area contributed by atoms with Gasteiger partial charge in [-0.2, -0.15) is 0 Å². The summed E-state index contributed by atoms with van der Waals surface area (Å²) in [5.74, 6) is -0.186. The maximum Gasteiger partial charge on any atom is 0.168 e. The molecule has 2 spiro atoms. The topological polar surface area (TPSA) is 18.5 Å². The van der Waals surface area contributed by atoms with Crippen LogP contribution in [0.4, 0.5) is 0 Å². The first-order valence-corrected chi connectivity index (χ1v) is 6.20. The van der Waals surface area contributed by atoms with Crippen molar-refractivity contribution >= 4 is 0 Å². The zero-order chi connectivity index (χ0) is 10.4. The number of hydrogen-bond donors (Lipinski definition) is 0. The molecule has 0 aromatic heterocycles. The summed E-state index contributed by atoms with van der Waals surface area (Å²) in [5.41, 5.74) is 2.14. The molecule has 1 aliphatic heterocycles. The summed E-state index contributed by atoms with van der Waals surface area (Å²) >= 11 is 0. The second-order valence-electron chi connectivity index (χ2n) is 5.31. The summed E-state index contributed by atoms with van der Waals surface area (Å²) in [6.45, 7) is 3.89. The molecule has 3 rings (SSSR count). The van der Waals surface area contributed by atoms with Crippen LogP contribution >= 0.6 is 0 Å². The predicted molar refractivity (Wildman–Crippen MR) is 58.5 cm³/mol. The lowest BCUT2D eigenvalue weighted by molar-refractivity contribution is -0.188. The van der Waals surface area contributed by atoms with Gasteiger partial charge < -0.3 is 9.47 Å². The molecule has 2 fully saturated rings. The van der Waals surface area contributed by atoms with Crippen LogP contribution in [-0.2, 0) is 9.47 Å². The fraction of sp³-hybridized carbons (Fsp3) is 0.846. The fourth-order valence-corrected chi connectivity index (χ4v) is 3.52. The van der Waals surface area contributed by atoms with Crippen LogP contribution in [0, 0.1) is 5.41 Å². The quantitative estimate of drug-likeness (QED) is 0.570. The summed E-state index contributed by atoms with van der Waals surface area (Å²) in [4.78, 5) is 0. The Morgan fingerprint density at radius 2 is 1.67 bits per heavy atom. The van der Waals surface area contributed by atoms with Gasteiger partial charge in [0.15, 0.2) is 5.79 Å². The van der Waals surface area contributed by atoms with Crippen LogP contribution in [0.2, 0.25) is 0 Å². The van der Waals surface area contributed by atoms with E-state index in [-0.39, 0.29) is 5.79 Å². The monoisotopic (exact) mass is 208 g/mol. The van der Waals surface area contributed by atoms with Crippen molar-refractivity contribution in [2.24, 2.45) is 5.41 Å². The van der Waals surface area contributed by atoms with Gasteiger partial charge in [-0.3, -0.25) is 0 Å². The third-order valence-corrected chi connectivity index (χ3v) is 4.69. The van der Waals surface area contributed by atoms with E-state index in [9.17, 15) is 0 Å². The van der Waals surface area contributed by atoms with Gasteiger partial charge in [-0.05, 0) is 38.0 Å². The Morgan fingerprint density at radius 3 is 2.20 bits per heavy atom. The first-order valence-electron chi connectivity index (χ1n) is 6.20. The van der Waals surface area contributed by atoms with E-state index in [4.69, 9.17) is 9.47 Å². The maximum atomic E-state index is 5.78. The van der Waals surface area contributed by atoms with Gasteiger partial charge >= 0.3 is 0 Å². The summed E-state index contributed by atoms with van der Waals surface area (Å²) in [6, 6.07) is 0. The molecule has 0 bridgehead atoms. The molecule has 0 unspecified atom stereocenters. The fourth-order valence-electron chi connectivity index (χ4n) is 3.52. The Kier molecular flexibility index (Phi) is 2.18. The highest BCUT2D eigenvalue weighted by atomic mass is 16.7. The molecular weight excluding hydrogens is 188 g/mol. The van der Waals surface area contributed by atoms with Gasteiger partial charge in [0.1, 0.15) is 0 Å².